The van der Waals surface area contributed by atoms with Crippen LogP contribution in [0.5, 0.6) is 11.6 Å². The molecule has 0 aliphatic carbocycles. The fourth-order valence-electron chi connectivity index (χ4n) is 1.05. The molecule has 0 aliphatic heterocycles. The third kappa shape index (κ3) is 2.40. The number of hydrogen-bond donors (Lipinski definition) is 0. The van der Waals surface area contributed by atoms with Crippen molar-refractivity contribution in [2.45, 2.75) is 0 Å². The quantitative estimate of drug-likeness (QED) is 0.771. The number of nitrogens with zero attached hydrogens (tertiary/aromatic N) is 2. The minimum absolute atomic E-state index is 0.0664. The van der Waals surface area contributed by atoms with Crippen LogP contribution >= 0.6 is 23.2 Å². The molecular weight excluding hydrogens is 254 g/mol. The minimum Gasteiger partial charge on any atom is -0.437 e. The molecule has 0 saturated carbocycles. The van der Waals surface area contributed by atoms with Crippen LogP contribution in [0, 0.1) is 5.95 Å². The summed E-state index contributed by atoms with van der Waals surface area (Å²) >= 11 is 11.7. The molecule has 0 amide bonds. The number of aromatic nitrogens is 2. The summed E-state index contributed by atoms with van der Waals surface area (Å²) in [4.78, 5) is 7.04. The molecule has 0 radical (unpaired) electrons. The van der Waals surface area contributed by atoms with E-state index < -0.39 is 5.95 Å². The summed E-state index contributed by atoms with van der Waals surface area (Å²) in [5.74, 6) is -0.299. The van der Waals surface area contributed by atoms with E-state index in [0.717, 1.165) is 12.4 Å². The lowest BCUT2D eigenvalue weighted by molar-refractivity contribution is 0.451. The van der Waals surface area contributed by atoms with Crippen molar-refractivity contribution < 1.29 is 9.13 Å². The predicted octanol–water partition coefficient (Wildman–Crippen LogP) is 3.71. The van der Waals surface area contributed by atoms with Gasteiger partial charge >= 0.3 is 0 Å². The van der Waals surface area contributed by atoms with E-state index >= 15 is 0 Å². The summed E-state index contributed by atoms with van der Waals surface area (Å²) in [7, 11) is 0. The monoisotopic (exact) mass is 258 g/mol. The first kappa shape index (κ1) is 11.1. The van der Waals surface area contributed by atoms with Crippen LogP contribution in [-0.2, 0) is 0 Å². The van der Waals surface area contributed by atoms with Crippen molar-refractivity contribution in [3.8, 4) is 11.6 Å². The van der Waals surface area contributed by atoms with Crippen molar-refractivity contribution in [3.05, 3.63) is 46.6 Å². The number of halogens is 3. The Labute approximate surface area is 101 Å². The van der Waals surface area contributed by atoms with Gasteiger partial charge in [0.1, 0.15) is 17.1 Å². The molecule has 0 saturated heterocycles. The molecule has 0 unspecified atom stereocenters. The van der Waals surface area contributed by atoms with Crippen LogP contribution in [-0.4, -0.2) is 9.97 Å². The topological polar surface area (TPSA) is 35.0 Å². The van der Waals surface area contributed by atoms with Gasteiger partial charge < -0.3 is 4.74 Å². The molecule has 1 aromatic carbocycles. The molecule has 16 heavy (non-hydrogen) atoms. The van der Waals surface area contributed by atoms with Gasteiger partial charge in [-0.3, -0.25) is 0 Å². The Morgan fingerprint density at radius 1 is 1.19 bits per heavy atom. The van der Waals surface area contributed by atoms with E-state index in [9.17, 15) is 4.39 Å². The molecule has 1 aromatic heterocycles. The van der Waals surface area contributed by atoms with E-state index in [1.807, 2.05) is 0 Å². The van der Waals surface area contributed by atoms with Crippen LogP contribution in [0.4, 0.5) is 4.39 Å². The van der Waals surface area contributed by atoms with Crippen LogP contribution < -0.4 is 4.74 Å². The van der Waals surface area contributed by atoms with Gasteiger partial charge in [0.2, 0.25) is 11.8 Å². The average Bonchev–Trinajstić information content (AvgIpc) is 2.25. The summed E-state index contributed by atoms with van der Waals surface area (Å²) in [5.41, 5.74) is 0. The second kappa shape index (κ2) is 4.63. The highest BCUT2D eigenvalue weighted by Gasteiger charge is 2.07. The molecule has 82 valence electrons. The van der Waals surface area contributed by atoms with Gasteiger partial charge in [-0.2, -0.15) is 4.39 Å². The summed E-state index contributed by atoms with van der Waals surface area (Å²) in [6.45, 7) is 0. The summed E-state index contributed by atoms with van der Waals surface area (Å²) in [6.07, 6.45) is 1.06. The lowest BCUT2D eigenvalue weighted by Gasteiger charge is -2.06. The van der Waals surface area contributed by atoms with Gasteiger partial charge in [0.25, 0.3) is 0 Å². The minimum atomic E-state index is -0.678. The molecule has 0 fully saturated rings. The standard InChI is InChI=1S/C10H5Cl2FN2O/c11-6-2-1-3-7(10(6)12)16-9-4-8(13)14-5-15-9/h1-5H. The van der Waals surface area contributed by atoms with Crippen LogP contribution in [0.2, 0.25) is 10.0 Å². The Balaban J connectivity index is 2.31. The molecule has 2 aromatic rings. The summed E-state index contributed by atoms with van der Waals surface area (Å²) < 4.78 is 18.0. The highest BCUT2D eigenvalue weighted by molar-refractivity contribution is 6.42. The maximum Gasteiger partial charge on any atom is 0.225 e. The van der Waals surface area contributed by atoms with Crippen molar-refractivity contribution in [1.82, 2.24) is 9.97 Å². The largest absolute Gasteiger partial charge is 0.437 e. The smallest absolute Gasteiger partial charge is 0.225 e. The first-order chi connectivity index (χ1) is 7.66. The molecule has 1 heterocycles. The first-order valence-corrected chi connectivity index (χ1v) is 5.02. The van der Waals surface area contributed by atoms with E-state index in [4.69, 9.17) is 27.9 Å². The van der Waals surface area contributed by atoms with Gasteiger partial charge in [0.15, 0.2) is 0 Å². The van der Waals surface area contributed by atoms with Crippen molar-refractivity contribution in [3.63, 3.8) is 0 Å². The molecule has 0 spiro atoms. The van der Waals surface area contributed by atoms with E-state index in [0.29, 0.717) is 10.8 Å². The summed E-state index contributed by atoms with van der Waals surface area (Å²) in [5, 5.41) is 0.608. The lowest BCUT2D eigenvalue weighted by Crippen LogP contribution is -1.91. The Bertz CT molecular complexity index is 522. The van der Waals surface area contributed by atoms with Gasteiger partial charge in [-0.1, -0.05) is 29.3 Å². The molecule has 6 heteroatoms. The normalized spacial score (nSPS) is 10.2. The molecule has 0 bridgehead atoms. The number of ether oxygens (including phenoxy) is 1. The van der Waals surface area contributed by atoms with Crippen molar-refractivity contribution in [2.75, 3.05) is 0 Å². The average molecular weight is 259 g/mol. The van der Waals surface area contributed by atoms with Gasteiger partial charge in [-0.05, 0) is 12.1 Å². The van der Waals surface area contributed by atoms with Crippen molar-refractivity contribution >= 4 is 23.2 Å². The second-order valence-corrected chi connectivity index (χ2v) is 3.62. The van der Waals surface area contributed by atoms with Crippen LogP contribution in [0.3, 0.4) is 0 Å². The van der Waals surface area contributed by atoms with Crippen LogP contribution in [0.1, 0.15) is 0 Å². The summed E-state index contributed by atoms with van der Waals surface area (Å²) in [6, 6.07) is 5.95. The maximum atomic E-state index is 12.8. The molecule has 2 rings (SSSR count). The SMILES string of the molecule is Fc1cc(Oc2cccc(Cl)c2Cl)ncn1. The van der Waals surface area contributed by atoms with E-state index in [1.165, 1.54) is 0 Å². The van der Waals surface area contributed by atoms with E-state index in [-0.39, 0.29) is 10.9 Å². The highest BCUT2D eigenvalue weighted by atomic mass is 35.5. The molecule has 3 nitrogen and oxygen atoms in total. The molecular formula is C10H5Cl2FN2O. The second-order valence-electron chi connectivity index (χ2n) is 2.83. The first-order valence-electron chi connectivity index (χ1n) is 4.26. The Hall–Kier alpha value is -1.39. The van der Waals surface area contributed by atoms with Gasteiger partial charge in [-0.25, -0.2) is 9.97 Å². The highest BCUT2D eigenvalue weighted by Crippen LogP contribution is 2.33. The van der Waals surface area contributed by atoms with Crippen LogP contribution in [0.15, 0.2) is 30.6 Å². The molecule has 0 N–H and O–H groups in total. The van der Waals surface area contributed by atoms with Crippen molar-refractivity contribution in [2.24, 2.45) is 0 Å². The van der Waals surface area contributed by atoms with Gasteiger partial charge in [0, 0.05) is 0 Å². The van der Waals surface area contributed by atoms with E-state index in [1.54, 1.807) is 18.2 Å². The maximum absolute atomic E-state index is 12.8. The zero-order valence-corrected chi connectivity index (χ0v) is 9.34. The zero-order chi connectivity index (χ0) is 11.5. The molecule has 0 atom stereocenters. The fraction of sp³-hybridized carbons (Fsp3) is 0. The Morgan fingerprint density at radius 3 is 2.75 bits per heavy atom. The lowest BCUT2D eigenvalue weighted by atomic mass is 10.3. The van der Waals surface area contributed by atoms with E-state index in [2.05, 4.69) is 9.97 Å². The third-order valence-corrected chi connectivity index (χ3v) is 2.54. The number of hydrogen-bond acceptors (Lipinski definition) is 3. The van der Waals surface area contributed by atoms with Crippen LogP contribution in [0.25, 0.3) is 0 Å². The van der Waals surface area contributed by atoms with Gasteiger partial charge in [0.05, 0.1) is 11.1 Å². The predicted molar refractivity (Wildman–Crippen MR) is 58.5 cm³/mol. The number of benzene rings is 1. The van der Waals surface area contributed by atoms with Gasteiger partial charge in [-0.15, -0.1) is 0 Å². The fourth-order valence-corrected chi connectivity index (χ4v) is 1.38. The third-order valence-electron chi connectivity index (χ3n) is 1.74. The number of rotatable bonds is 2. The zero-order valence-electron chi connectivity index (χ0n) is 7.82. The Morgan fingerprint density at radius 2 is 2.00 bits per heavy atom. The Kier molecular flexibility index (Phi) is 3.22. The van der Waals surface area contributed by atoms with Crippen molar-refractivity contribution in [1.29, 1.82) is 0 Å². The molecule has 0 aliphatic rings.